The zero-order valence-corrected chi connectivity index (χ0v) is 13.7. The van der Waals surface area contributed by atoms with Crippen molar-refractivity contribution in [1.82, 2.24) is 9.71 Å². The molecule has 6 nitrogen and oxygen atoms in total. The molecule has 0 unspecified atom stereocenters. The second-order valence-corrected chi connectivity index (χ2v) is 7.56. The second-order valence-electron chi connectivity index (χ2n) is 5.04. The number of hydrogen-bond acceptors (Lipinski definition) is 5. The van der Waals surface area contributed by atoms with Crippen LogP contribution in [0.3, 0.4) is 0 Å². The summed E-state index contributed by atoms with van der Waals surface area (Å²) in [6.45, 7) is 3.27. The molecule has 2 rings (SSSR count). The molecule has 2 N–H and O–H groups in total. The molecule has 22 heavy (non-hydrogen) atoms. The molecule has 1 aromatic heterocycles. The third kappa shape index (κ3) is 3.70. The van der Waals surface area contributed by atoms with Crippen molar-refractivity contribution in [2.24, 2.45) is 5.92 Å². The molecule has 2 aromatic rings. The van der Waals surface area contributed by atoms with Crippen LogP contribution in [0.25, 0.3) is 10.6 Å². The molecule has 8 heteroatoms. The maximum Gasteiger partial charge on any atom is 0.322 e. The number of nitrogens with zero attached hydrogens (tertiary/aromatic N) is 1. The van der Waals surface area contributed by atoms with E-state index < -0.39 is 22.0 Å². The molecule has 118 valence electrons. The summed E-state index contributed by atoms with van der Waals surface area (Å²) in [5.41, 5.74) is 0.813. The van der Waals surface area contributed by atoms with Gasteiger partial charge in [-0.25, -0.2) is 13.4 Å². The summed E-state index contributed by atoms with van der Waals surface area (Å²) < 4.78 is 26.7. The van der Waals surface area contributed by atoms with Gasteiger partial charge in [-0.15, -0.1) is 11.3 Å². The summed E-state index contributed by atoms with van der Waals surface area (Å²) in [7, 11) is -3.97. The van der Waals surface area contributed by atoms with Crippen LogP contribution in [0.4, 0.5) is 0 Å². The monoisotopic (exact) mass is 340 g/mol. The Balaban J connectivity index is 2.28. The van der Waals surface area contributed by atoms with Crippen LogP contribution in [0.1, 0.15) is 13.8 Å². The largest absolute Gasteiger partial charge is 0.480 e. The first-order valence-electron chi connectivity index (χ1n) is 6.57. The lowest BCUT2D eigenvalue weighted by atomic mass is 10.1. The van der Waals surface area contributed by atoms with E-state index >= 15 is 0 Å². The Morgan fingerprint density at radius 3 is 2.45 bits per heavy atom. The minimum absolute atomic E-state index is 0.164. The van der Waals surface area contributed by atoms with E-state index in [0.717, 1.165) is 5.56 Å². The van der Waals surface area contributed by atoms with Crippen LogP contribution in [0.15, 0.2) is 40.7 Å². The molecule has 0 aliphatic carbocycles. The number of sulfonamides is 1. The molecule has 1 atom stereocenters. The number of rotatable bonds is 6. The van der Waals surface area contributed by atoms with Gasteiger partial charge < -0.3 is 5.11 Å². The van der Waals surface area contributed by atoms with Crippen molar-refractivity contribution in [2.45, 2.75) is 24.9 Å². The van der Waals surface area contributed by atoms with Crippen LogP contribution in [-0.4, -0.2) is 30.5 Å². The van der Waals surface area contributed by atoms with E-state index in [4.69, 9.17) is 5.11 Å². The van der Waals surface area contributed by atoms with Crippen molar-refractivity contribution < 1.29 is 18.3 Å². The molecule has 1 heterocycles. The zero-order chi connectivity index (χ0) is 16.3. The van der Waals surface area contributed by atoms with Crippen molar-refractivity contribution in [3.63, 3.8) is 0 Å². The van der Waals surface area contributed by atoms with Gasteiger partial charge in [-0.1, -0.05) is 44.2 Å². The van der Waals surface area contributed by atoms with E-state index in [1.165, 1.54) is 16.7 Å². The summed E-state index contributed by atoms with van der Waals surface area (Å²) in [4.78, 5) is 15.2. The smallest absolute Gasteiger partial charge is 0.322 e. The first-order valence-corrected chi connectivity index (χ1v) is 8.93. The highest BCUT2D eigenvalue weighted by Crippen LogP contribution is 2.25. The number of carboxylic acids is 1. The fourth-order valence-electron chi connectivity index (χ4n) is 1.79. The lowest BCUT2D eigenvalue weighted by molar-refractivity contribution is -0.140. The van der Waals surface area contributed by atoms with Gasteiger partial charge in [-0.05, 0) is 5.92 Å². The van der Waals surface area contributed by atoms with Crippen molar-refractivity contribution >= 4 is 27.3 Å². The van der Waals surface area contributed by atoms with Gasteiger partial charge in [0.05, 0.1) is 0 Å². The highest BCUT2D eigenvalue weighted by atomic mass is 32.2. The SMILES string of the molecule is CC(C)[C@@H](NS(=O)(=O)c1csc(-c2ccccc2)n1)C(=O)O. The zero-order valence-electron chi connectivity index (χ0n) is 12.1. The minimum atomic E-state index is -3.97. The van der Waals surface area contributed by atoms with Gasteiger partial charge in [0.15, 0.2) is 5.03 Å². The summed E-state index contributed by atoms with van der Waals surface area (Å²) in [5.74, 6) is -1.59. The van der Waals surface area contributed by atoms with Gasteiger partial charge in [0.1, 0.15) is 11.0 Å². The Bertz CT molecular complexity index is 754. The average molecular weight is 340 g/mol. The highest BCUT2D eigenvalue weighted by Gasteiger charge is 2.29. The summed E-state index contributed by atoms with van der Waals surface area (Å²) in [6.07, 6.45) is 0. The van der Waals surface area contributed by atoms with Crippen LogP contribution in [-0.2, 0) is 14.8 Å². The minimum Gasteiger partial charge on any atom is -0.480 e. The number of aliphatic carboxylic acids is 1. The second kappa shape index (κ2) is 6.55. The molecule has 0 aliphatic heterocycles. The number of aromatic nitrogens is 1. The quantitative estimate of drug-likeness (QED) is 0.840. The van der Waals surface area contributed by atoms with Gasteiger partial charge in [0, 0.05) is 10.9 Å². The fraction of sp³-hybridized carbons (Fsp3) is 0.286. The molecule has 0 fully saturated rings. The Morgan fingerprint density at radius 1 is 1.27 bits per heavy atom. The Morgan fingerprint density at radius 2 is 1.91 bits per heavy atom. The molecule has 0 spiro atoms. The van der Waals surface area contributed by atoms with Crippen LogP contribution >= 0.6 is 11.3 Å². The molecule has 0 bridgehead atoms. The van der Waals surface area contributed by atoms with E-state index in [2.05, 4.69) is 9.71 Å². The summed E-state index contributed by atoms with van der Waals surface area (Å²) >= 11 is 1.20. The number of carbonyl (C=O) groups is 1. The molecular formula is C14H16N2O4S2. The van der Waals surface area contributed by atoms with E-state index in [9.17, 15) is 13.2 Å². The number of benzene rings is 1. The first kappa shape index (κ1) is 16.6. The predicted molar refractivity (Wildman–Crippen MR) is 84.1 cm³/mol. The molecule has 0 amide bonds. The molecule has 0 aliphatic rings. The standard InChI is InChI=1S/C14H16N2O4S2/c1-9(2)12(14(17)18)16-22(19,20)11-8-21-13(15-11)10-6-4-3-5-7-10/h3-9,12,16H,1-2H3,(H,17,18)/t12-/m1/s1. The third-order valence-electron chi connectivity index (χ3n) is 2.99. The molecule has 0 saturated carbocycles. The van der Waals surface area contributed by atoms with Crippen LogP contribution < -0.4 is 4.72 Å². The Hall–Kier alpha value is -1.77. The van der Waals surface area contributed by atoms with E-state index in [-0.39, 0.29) is 10.9 Å². The summed E-state index contributed by atoms with van der Waals surface area (Å²) in [5, 5.41) is 10.9. The van der Waals surface area contributed by atoms with Gasteiger partial charge >= 0.3 is 5.97 Å². The topological polar surface area (TPSA) is 96.4 Å². The van der Waals surface area contributed by atoms with Crippen molar-refractivity contribution in [3.05, 3.63) is 35.7 Å². The average Bonchev–Trinajstić information content (AvgIpc) is 2.96. The van der Waals surface area contributed by atoms with Gasteiger partial charge in [-0.2, -0.15) is 4.72 Å². The normalized spacial score (nSPS) is 13.2. The number of thiazole rings is 1. The first-order chi connectivity index (χ1) is 10.3. The van der Waals surface area contributed by atoms with Crippen molar-refractivity contribution in [3.8, 4) is 10.6 Å². The lowest BCUT2D eigenvalue weighted by Crippen LogP contribution is -2.44. The number of hydrogen-bond donors (Lipinski definition) is 2. The Kier molecular flexibility index (Phi) is 4.94. The van der Waals surface area contributed by atoms with Gasteiger partial charge in [0.2, 0.25) is 0 Å². The molecule has 0 saturated heterocycles. The van der Waals surface area contributed by atoms with E-state index in [0.29, 0.717) is 5.01 Å². The maximum atomic E-state index is 12.3. The highest BCUT2D eigenvalue weighted by molar-refractivity contribution is 7.89. The van der Waals surface area contributed by atoms with Crippen LogP contribution in [0.2, 0.25) is 0 Å². The van der Waals surface area contributed by atoms with Crippen LogP contribution in [0.5, 0.6) is 0 Å². The van der Waals surface area contributed by atoms with Crippen LogP contribution in [0, 0.1) is 5.92 Å². The Labute approximate surface area is 132 Å². The third-order valence-corrected chi connectivity index (χ3v) is 5.36. The van der Waals surface area contributed by atoms with Crippen molar-refractivity contribution in [2.75, 3.05) is 0 Å². The van der Waals surface area contributed by atoms with Gasteiger partial charge in [0.25, 0.3) is 10.0 Å². The van der Waals surface area contributed by atoms with E-state index in [1.54, 1.807) is 13.8 Å². The summed E-state index contributed by atoms with van der Waals surface area (Å²) in [6, 6.07) is 8.00. The lowest BCUT2D eigenvalue weighted by Gasteiger charge is -2.16. The molecular weight excluding hydrogens is 324 g/mol. The predicted octanol–water partition coefficient (Wildman–Crippen LogP) is 2.20. The van der Waals surface area contributed by atoms with Crippen molar-refractivity contribution in [1.29, 1.82) is 0 Å². The molecule has 1 aromatic carbocycles. The maximum absolute atomic E-state index is 12.3. The number of nitrogens with one attached hydrogen (secondary N) is 1. The molecule has 0 radical (unpaired) electrons. The van der Waals surface area contributed by atoms with E-state index in [1.807, 2.05) is 30.3 Å². The number of carboxylic acid groups (broad SMARTS) is 1. The van der Waals surface area contributed by atoms with Gasteiger partial charge in [-0.3, -0.25) is 4.79 Å². The fourth-order valence-corrected chi connectivity index (χ4v) is 4.23.